The van der Waals surface area contributed by atoms with E-state index >= 15 is 0 Å². The lowest BCUT2D eigenvalue weighted by Gasteiger charge is -1.66. The second kappa shape index (κ2) is 9.33. The maximum Gasteiger partial charge on any atom is 0.187 e. The molecule has 0 N–H and O–H groups in total. The zero-order valence-electron chi connectivity index (χ0n) is 1.71. The Morgan fingerprint density at radius 3 is 1.20 bits per heavy atom. The molecule has 0 nitrogen and oxygen atoms in total. The summed E-state index contributed by atoms with van der Waals surface area (Å²) in [6, 6.07) is 0. The Balaban J connectivity index is 0. The molecule has 0 aliphatic heterocycles. The molecule has 0 aliphatic rings. The average Bonchev–Trinajstić information content (AvgIpc) is 1.37. The fourth-order valence-electron chi connectivity index (χ4n) is 0. The van der Waals surface area contributed by atoms with E-state index in [9.17, 15) is 0 Å². The molecule has 0 radical (unpaired) electrons. The van der Waals surface area contributed by atoms with Gasteiger partial charge in [0.2, 0.25) is 0 Å². The largest absolute Gasteiger partial charge is 0.187 e. The summed E-state index contributed by atoms with van der Waals surface area (Å²) in [4.78, 5) is 0. The lowest BCUT2D eigenvalue weighted by molar-refractivity contribution is 5.75. The summed E-state index contributed by atoms with van der Waals surface area (Å²) in [5, 5.41) is 0. The molecule has 0 atom stereocenters. The second-order valence-electron chi connectivity index (χ2n) is 0.149. The Labute approximate surface area is 60.0 Å². The van der Waals surface area contributed by atoms with Crippen LogP contribution in [0, 0.1) is 0 Å². The molecule has 0 fully saturated rings. The number of thiol groups is 2. The van der Waals surface area contributed by atoms with Gasteiger partial charge in [-0.15, -0.1) is 0 Å². The first kappa shape index (κ1) is 10.0. The van der Waals surface area contributed by atoms with Crippen LogP contribution in [0.2, 0.25) is 0 Å². The molecule has 0 amide bonds. The Morgan fingerprint density at radius 2 is 1.20 bits per heavy atom. The quantitative estimate of drug-likeness (QED) is 0.332. The van der Waals surface area contributed by atoms with Crippen LogP contribution >= 0.6 is 43.0 Å². The fourth-order valence-corrected chi connectivity index (χ4v) is 0. The SMILES string of the molecule is SSSS.[AlH3]. The zero-order chi connectivity index (χ0) is 3.41. The maximum absolute atomic E-state index is 3.72. The smallest absolute Gasteiger partial charge is 0.0989 e. The van der Waals surface area contributed by atoms with Gasteiger partial charge >= 0.3 is 0 Å². The summed E-state index contributed by atoms with van der Waals surface area (Å²) in [7, 11) is 2.66. The lowest BCUT2D eigenvalue weighted by atomic mass is 27.0. The van der Waals surface area contributed by atoms with Crippen LogP contribution in [0.1, 0.15) is 0 Å². The number of hydrogen-bond acceptors (Lipinski definition) is 4. The summed E-state index contributed by atoms with van der Waals surface area (Å²) >= 11 is 7.45. The van der Waals surface area contributed by atoms with E-state index in [0.29, 0.717) is 0 Å². The van der Waals surface area contributed by atoms with Gasteiger partial charge in [-0.2, -0.15) is 0 Å². The first-order valence-electron chi connectivity index (χ1n) is 0.532. The first-order chi connectivity index (χ1) is 1.91. The van der Waals surface area contributed by atoms with E-state index in [-0.39, 0.29) is 17.4 Å². The van der Waals surface area contributed by atoms with Crippen LogP contribution in [-0.4, -0.2) is 17.4 Å². The highest BCUT2D eigenvalue weighted by atomic mass is 33.7. The zero-order valence-corrected chi connectivity index (χ0v) is 5.13. The predicted molar refractivity (Wildman–Crippen MR) is 43.1 cm³/mol. The van der Waals surface area contributed by atoms with Gasteiger partial charge in [-0.05, 0) is 19.7 Å². The normalized spacial score (nSPS) is 6.00. The third kappa shape index (κ3) is 10.7. The Morgan fingerprint density at radius 1 is 1.00 bits per heavy atom. The van der Waals surface area contributed by atoms with E-state index in [0.717, 1.165) is 0 Å². The van der Waals surface area contributed by atoms with E-state index < -0.39 is 0 Å². The Hall–Kier alpha value is 1.93. The molecule has 0 aliphatic carbocycles. The number of rotatable bonds is 1. The van der Waals surface area contributed by atoms with Crippen LogP contribution in [0.15, 0.2) is 0 Å². The van der Waals surface area contributed by atoms with Crippen LogP contribution < -0.4 is 0 Å². The molecule has 0 aromatic carbocycles. The molecule has 5 heteroatoms. The lowest BCUT2D eigenvalue weighted by Crippen LogP contribution is -0.969. The summed E-state index contributed by atoms with van der Waals surface area (Å²) in [5.41, 5.74) is 0. The molecular formula is H5AlS4. The van der Waals surface area contributed by atoms with Gasteiger partial charge < -0.3 is 0 Å². The molecule has 0 spiro atoms. The number of hydrogen-bond donors (Lipinski definition) is 2. The molecule has 32 valence electrons. The highest BCUT2D eigenvalue weighted by molar-refractivity contribution is 9.21. The van der Waals surface area contributed by atoms with E-state index in [2.05, 4.69) is 23.3 Å². The highest BCUT2D eigenvalue weighted by Crippen LogP contribution is 2.27. The van der Waals surface area contributed by atoms with E-state index in [1.165, 1.54) is 19.7 Å². The van der Waals surface area contributed by atoms with E-state index in [1.54, 1.807) is 0 Å². The van der Waals surface area contributed by atoms with Crippen LogP contribution in [0.25, 0.3) is 0 Å². The third-order valence-corrected chi connectivity index (χ3v) is 2.70. The van der Waals surface area contributed by atoms with Gasteiger partial charge in [0.1, 0.15) is 0 Å². The van der Waals surface area contributed by atoms with Crippen LogP contribution in [0.3, 0.4) is 0 Å². The average molecular weight is 160 g/mol. The molecule has 0 heterocycles. The minimum absolute atomic E-state index is 0. The Kier molecular flexibility index (Phi) is 18.7. The molecule has 0 saturated heterocycles. The standard InChI is InChI=1S/Al.H2S4.3H/c;1-3-4-2;;;/h;1-2H;;;. The van der Waals surface area contributed by atoms with Crippen molar-refractivity contribution in [1.29, 1.82) is 0 Å². The van der Waals surface area contributed by atoms with Gasteiger partial charge in [0, 0.05) is 0 Å². The predicted octanol–water partition coefficient (Wildman–Crippen LogP) is 0.873. The minimum atomic E-state index is 0. The van der Waals surface area contributed by atoms with Crippen molar-refractivity contribution in [3.63, 3.8) is 0 Å². The van der Waals surface area contributed by atoms with Crippen molar-refractivity contribution >= 4 is 60.3 Å². The van der Waals surface area contributed by atoms with Gasteiger partial charge in [-0.3, -0.25) is 0 Å². The van der Waals surface area contributed by atoms with Gasteiger partial charge in [0.05, 0.1) is 0 Å². The van der Waals surface area contributed by atoms with Gasteiger partial charge in [0.25, 0.3) is 0 Å². The molecular weight excluding hydrogens is 155 g/mol. The van der Waals surface area contributed by atoms with Crippen LogP contribution in [-0.2, 0) is 0 Å². The molecule has 5 heavy (non-hydrogen) atoms. The maximum atomic E-state index is 3.72. The fraction of sp³-hybridized carbons (Fsp3) is 0. The van der Waals surface area contributed by atoms with Gasteiger partial charge in [-0.1, -0.05) is 23.3 Å². The Bertz CT molecular complexity index is 5.61. The molecule has 0 saturated carbocycles. The van der Waals surface area contributed by atoms with E-state index in [1.807, 2.05) is 0 Å². The monoisotopic (exact) mass is 160 g/mol. The van der Waals surface area contributed by atoms with Gasteiger partial charge in [-0.25, -0.2) is 0 Å². The molecule has 0 aromatic heterocycles. The van der Waals surface area contributed by atoms with Crippen LogP contribution in [0.4, 0.5) is 0 Å². The van der Waals surface area contributed by atoms with Crippen molar-refractivity contribution in [2.75, 3.05) is 0 Å². The summed E-state index contributed by atoms with van der Waals surface area (Å²) in [6.45, 7) is 0. The minimum Gasteiger partial charge on any atom is -0.0989 e. The van der Waals surface area contributed by atoms with Crippen LogP contribution in [0.5, 0.6) is 0 Å². The molecule has 0 bridgehead atoms. The van der Waals surface area contributed by atoms with Crippen molar-refractivity contribution in [3.05, 3.63) is 0 Å². The van der Waals surface area contributed by atoms with Crippen molar-refractivity contribution in [2.45, 2.75) is 0 Å². The molecule has 0 aromatic rings. The summed E-state index contributed by atoms with van der Waals surface area (Å²) in [5.74, 6) is 0. The van der Waals surface area contributed by atoms with Gasteiger partial charge in [0.15, 0.2) is 17.4 Å². The highest BCUT2D eigenvalue weighted by Gasteiger charge is 1.58. The first-order valence-corrected chi connectivity index (χ1v) is 4.79. The second-order valence-corrected chi connectivity index (χ2v) is 4.02. The van der Waals surface area contributed by atoms with Crippen molar-refractivity contribution in [2.24, 2.45) is 0 Å². The molecule has 0 unspecified atom stereocenters. The van der Waals surface area contributed by atoms with E-state index in [4.69, 9.17) is 0 Å². The van der Waals surface area contributed by atoms with Crippen molar-refractivity contribution < 1.29 is 0 Å². The van der Waals surface area contributed by atoms with Crippen molar-refractivity contribution in [3.8, 4) is 0 Å². The summed E-state index contributed by atoms with van der Waals surface area (Å²) < 4.78 is 0. The topological polar surface area (TPSA) is 0 Å². The third-order valence-electron chi connectivity index (χ3n) is 0.0333. The molecule has 0 rings (SSSR count). The summed E-state index contributed by atoms with van der Waals surface area (Å²) in [6.07, 6.45) is 0. The van der Waals surface area contributed by atoms with Crippen molar-refractivity contribution in [1.82, 2.24) is 0 Å².